The monoisotopic (exact) mass is 252 g/mol. The first kappa shape index (κ1) is 16.9. The maximum Gasteiger partial charge on any atom is 0.105 e. The number of nitrogens with zero attached hydrogens (tertiary/aromatic N) is 1. The lowest BCUT2D eigenvalue weighted by molar-refractivity contribution is 0.268. The summed E-state index contributed by atoms with van der Waals surface area (Å²) in [6, 6.07) is 0. The van der Waals surface area contributed by atoms with Crippen molar-refractivity contribution >= 4 is 24.8 Å². The van der Waals surface area contributed by atoms with Crippen LogP contribution in [0.4, 0.5) is 0 Å². The lowest BCUT2D eigenvalue weighted by Gasteiger charge is -2.25. The van der Waals surface area contributed by atoms with Gasteiger partial charge in [0.15, 0.2) is 0 Å². The topological polar surface area (TPSA) is 76.3 Å². The van der Waals surface area contributed by atoms with Gasteiger partial charge < -0.3 is 11.9 Å². The highest BCUT2D eigenvalue weighted by atomic mass is 35.5. The van der Waals surface area contributed by atoms with Gasteiger partial charge in [0.05, 0.1) is 5.70 Å². The van der Waals surface area contributed by atoms with Crippen LogP contribution in [0.3, 0.4) is 0 Å². The van der Waals surface area contributed by atoms with Crippen molar-refractivity contribution in [3.8, 4) is 0 Å². The third-order valence-corrected chi connectivity index (χ3v) is 2.21. The van der Waals surface area contributed by atoms with Gasteiger partial charge in [-0.1, -0.05) is 13.0 Å². The maximum absolute atomic E-state index is 6.02. The second kappa shape index (κ2) is 6.15. The summed E-state index contributed by atoms with van der Waals surface area (Å²) in [5, 5.41) is 1.95. The molecule has 2 heterocycles. The average Bonchev–Trinajstić information content (AvgIpc) is 2.42. The fourth-order valence-electron chi connectivity index (χ4n) is 1.38. The van der Waals surface area contributed by atoms with Crippen molar-refractivity contribution in [2.45, 2.75) is 19.0 Å². The molecule has 0 bridgehead atoms. The van der Waals surface area contributed by atoms with Gasteiger partial charge in [-0.3, -0.25) is 5.01 Å². The van der Waals surface area contributed by atoms with E-state index >= 15 is 0 Å². The van der Waals surface area contributed by atoms with E-state index in [-0.39, 0.29) is 36.6 Å². The van der Waals surface area contributed by atoms with E-state index in [9.17, 15) is 0 Å². The molecule has 0 fully saturated rings. The van der Waals surface area contributed by atoms with Crippen LogP contribution in [0.5, 0.6) is 0 Å². The summed E-state index contributed by atoms with van der Waals surface area (Å²) in [7, 11) is 0. The zero-order chi connectivity index (χ0) is 8.60. The van der Waals surface area contributed by atoms with Gasteiger partial charge in [-0.15, -0.1) is 24.8 Å². The van der Waals surface area contributed by atoms with Crippen LogP contribution < -0.4 is 17.3 Å². The number of hydrazine groups is 1. The molecule has 2 aliphatic heterocycles. The van der Waals surface area contributed by atoms with Crippen molar-refractivity contribution < 1.29 is 0 Å². The molecule has 0 radical (unpaired) electrons. The van der Waals surface area contributed by atoms with Gasteiger partial charge in [-0.25, -0.2) is 5.43 Å². The average molecular weight is 253 g/mol. The van der Waals surface area contributed by atoms with Gasteiger partial charge in [0, 0.05) is 6.20 Å². The van der Waals surface area contributed by atoms with Gasteiger partial charge in [0.1, 0.15) is 5.66 Å². The summed E-state index contributed by atoms with van der Waals surface area (Å²) in [4.78, 5) is 0. The molecule has 0 saturated heterocycles. The van der Waals surface area contributed by atoms with Gasteiger partial charge in [0.2, 0.25) is 0 Å². The van der Waals surface area contributed by atoms with Crippen molar-refractivity contribution in [2.24, 2.45) is 5.73 Å². The van der Waals surface area contributed by atoms with E-state index < -0.39 is 0 Å². The molecule has 6 heteroatoms. The molecule has 1 atom stereocenters. The molecule has 2 aliphatic rings. The molecule has 0 aliphatic carbocycles. The molecule has 1 unspecified atom stereocenters. The van der Waals surface area contributed by atoms with Crippen LogP contribution in [-0.2, 0) is 0 Å². The first-order valence-corrected chi connectivity index (χ1v) is 4.17. The Labute approximate surface area is 103 Å². The summed E-state index contributed by atoms with van der Waals surface area (Å²) < 4.78 is 0. The SMILES string of the molecule is CCC1(N)C=C2C=CC=CN2N1.Cl.Cl.N. The number of hydrogen-bond donors (Lipinski definition) is 3. The highest BCUT2D eigenvalue weighted by molar-refractivity contribution is 5.85. The van der Waals surface area contributed by atoms with Crippen LogP contribution in [0.15, 0.2) is 36.2 Å². The van der Waals surface area contributed by atoms with E-state index in [0.29, 0.717) is 0 Å². The Bertz CT molecular complexity index is 288. The van der Waals surface area contributed by atoms with Crippen molar-refractivity contribution in [1.29, 1.82) is 0 Å². The summed E-state index contributed by atoms with van der Waals surface area (Å²) in [5.41, 5.74) is 9.98. The minimum absolute atomic E-state index is 0. The van der Waals surface area contributed by atoms with E-state index in [1.807, 2.05) is 35.5 Å². The fourth-order valence-corrected chi connectivity index (χ4v) is 1.38. The van der Waals surface area contributed by atoms with Crippen LogP contribution in [0.2, 0.25) is 0 Å². The predicted molar refractivity (Wildman–Crippen MR) is 68.1 cm³/mol. The molecule has 88 valence electrons. The number of allylic oxidation sites excluding steroid dienone is 3. The molecule has 0 saturated carbocycles. The predicted octanol–water partition coefficient (Wildman–Crippen LogP) is 1.84. The second-order valence-corrected chi connectivity index (χ2v) is 3.15. The number of rotatable bonds is 1. The molecule has 6 N–H and O–H groups in total. The molecule has 0 aromatic heterocycles. The Hall–Kier alpha value is -0.520. The van der Waals surface area contributed by atoms with E-state index in [0.717, 1.165) is 12.1 Å². The van der Waals surface area contributed by atoms with E-state index in [1.165, 1.54) is 0 Å². The zero-order valence-corrected chi connectivity index (χ0v) is 10.3. The molecule has 4 nitrogen and oxygen atoms in total. The molecular formula is C9H18Cl2N4. The third kappa shape index (κ3) is 3.22. The molecule has 0 aromatic carbocycles. The smallest absolute Gasteiger partial charge is 0.105 e. The number of halogens is 2. The van der Waals surface area contributed by atoms with Crippen LogP contribution in [0.25, 0.3) is 0 Å². The summed E-state index contributed by atoms with van der Waals surface area (Å²) in [6.45, 7) is 2.07. The largest absolute Gasteiger partial charge is 0.344 e. The molecule has 0 spiro atoms. The van der Waals surface area contributed by atoms with Crippen LogP contribution in [0, 0.1) is 0 Å². The molecule has 0 aromatic rings. The quantitative estimate of drug-likeness (QED) is 0.666. The summed E-state index contributed by atoms with van der Waals surface area (Å²) >= 11 is 0. The lowest BCUT2D eigenvalue weighted by atomic mass is 10.1. The Morgan fingerprint density at radius 1 is 1.40 bits per heavy atom. The summed E-state index contributed by atoms with van der Waals surface area (Å²) in [6.07, 6.45) is 10.9. The van der Waals surface area contributed by atoms with Crippen molar-refractivity contribution in [3.05, 3.63) is 36.2 Å². The molecule has 2 rings (SSSR count). The number of fused-ring (bicyclic) bond motifs is 1. The fraction of sp³-hybridized carbons (Fsp3) is 0.333. The van der Waals surface area contributed by atoms with Crippen LogP contribution >= 0.6 is 24.8 Å². The first-order valence-electron chi connectivity index (χ1n) is 4.17. The van der Waals surface area contributed by atoms with Gasteiger partial charge in [-0.2, -0.15) is 0 Å². The normalized spacial score (nSPS) is 25.7. The van der Waals surface area contributed by atoms with Gasteiger partial charge in [-0.05, 0) is 24.6 Å². The number of hydrogen-bond acceptors (Lipinski definition) is 4. The molecular weight excluding hydrogens is 235 g/mol. The minimum Gasteiger partial charge on any atom is -0.344 e. The third-order valence-electron chi connectivity index (χ3n) is 2.21. The molecule has 0 amide bonds. The Kier molecular flexibility index (Phi) is 6.92. The van der Waals surface area contributed by atoms with E-state index in [1.54, 1.807) is 0 Å². The summed E-state index contributed by atoms with van der Waals surface area (Å²) in [5.74, 6) is 0. The van der Waals surface area contributed by atoms with Crippen molar-refractivity contribution in [1.82, 2.24) is 16.6 Å². The Balaban J connectivity index is 0. The Morgan fingerprint density at radius 2 is 2.07 bits per heavy atom. The van der Waals surface area contributed by atoms with Crippen molar-refractivity contribution in [2.75, 3.05) is 0 Å². The maximum atomic E-state index is 6.02. The second-order valence-electron chi connectivity index (χ2n) is 3.15. The van der Waals surface area contributed by atoms with Gasteiger partial charge >= 0.3 is 0 Å². The van der Waals surface area contributed by atoms with E-state index in [4.69, 9.17) is 5.73 Å². The molecule has 15 heavy (non-hydrogen) atoms. The van der Waals surface area contributed by atoms with Crippen molar-refractivity contribution in [3.63, 3.8) is 0 Å². The Morgan fingerprint density at radius 3 is 2.60 bits per heavy atom. The number of nitrogens with one attached hydrogen (secondary N) is 1. The highest BCUT2D eigenvalue weighted by Gasteiger charge is 2.30. The highest BCUT2D eigenvalue weighted by Crippen LogP contribution is 2.22. The first-order chi connectivity index (χ1) is 5.73. The van der Waals surface area contributed by atoms with Gasteiger partial charge in [0.25, 0.3) is 0 Å². The number of nitrogens with two attached hydrogens (primary N) is 1. The van der Waals surface area contributed by atoms with Crippen LogP contribution in [-0.4, -0.2) is 10.7 Å². The zero-order valence-electron chi connectivity index (χ0n) is 8.64. The minimum atomic E-state index is -0.367. The standard InChI is InChI=1S/C9H13N3.2ClH.H3N/c1-2-9(10)7-8-5-3-4-6-12(8)11-9;;;/h3-7,11H,2,10H2,1H3;2*1H;1H3. The van der Waals surface area contributed by atoms with E-state index in [2.05, 4.69) is 12.3 Å². The van der Waals surface area contributed by atoms with Crippen LogP contribution in [0.1, 0.15) is 13.3 Å². The lowest BCUT2D eigenvalue weighted by Crippen LogP contribution is -2.51.